The van der Waals surface area contributed by atoms with Crippen LogP contribution in [-0.2, 0) is 39.1 Å². The minimum absolute atomic E-state index is 0. The largest absolute Gasteiger partial charge is 0.445 e. The fraction of sp³-hybridized carbons (Fsp3) is 0.231. The number of hydrogen-bond acceptors (Lipinski definition) is 2. The smallest absolute Gasteiger partial charge is 0.279 e. The Morgan fingerprint density at radius 1 is 1.31 bits per heavy atom. The van der Waals surface area contributed by atoms with E-state index in [2.05, 4.69) is 19.9 Å². The van der Waals surface area contributed by atoms with Crippen molar-refractivity contribution in [2.24, 2.45) is 0 Å². The number of aryl methyl sites for hydroxylation is 1. The Morgan fingerprint density at radius 2 is 2.06 bits per heavy atom. The van der Waals surface area contributed by atoms with Crippen molar-refractivity contribution in [1.82, 2.24) is 0 Å². The first-order valence-electron chi connectivity index (χ1n) is 5.09. The zero-order chi connectivity index (χ0) is 10.8. The number of rotatable bonds is 2. The zero-order valence-electron chi connectivity index (χ0n) is 9.32. The van der Waals surface area contributed by atoms with E-state index in [9.17, 15) is 4.79 Å². The molecular formula is C13H13O2Y-. The minimum Gasteiger partial charge on any atom is -0.445 e. The van der Waals surface area contributed by atoms with Crippen LogP contribution in [0.3, 0.4) is 0 Å². The summed E-state index contributed by atoms with van der Waals surface area (Å²) in [5.41, 5.74) is 2.22. The first-order valence-corrected chi connectivity index (χ1v) is 5.09. The molecule has 81 valence electrons. The van der Waals surface area contributed by atoms with Gasteiger partial charge in [0.25, 0.3) is 5.63 Å². The van der Waals surface area contributed by atoms with Gasteiger partial charge >= 0.3 is 0 Å². The van der Waals surface area contributed by atoms with E-state index in [1.165, 1.54) is 11.6 Å². The van der Waals surface area contributed by atoms with Gasteiger partial charge in [-0.05, 0) is 18.1 Å². The van der Waals surface area contributed by atoms with E-state index in [0.717, 1.165) is 23.8 Å². The second-order valence-corrected chi connectivity index (χ2v) is 3.67. The van der Waals surface area contributed by atoms with Crippen molar-refractivity contribution in [3.63, 3.8) is 0 Å². The van der Waals surface area contributed by atoms with E-state index >= 15 is 0 Å². The SMILES string of the molecule is [CH2-]c1cc(=O)oc2cc(CCC)ccc12.[Y]. The van der Waals surface area contributed by atoms with Crippen LogP contribution in [0.25, 0.3) is 11.0 Å². The van der Waals surface area contributed by atoms with Crippen LogP contribution in [0.5, 0.6) is 0 Å². The Bertz CT molecular complexity index is 543. The summed E-state index contributed by atoms with van der Waals surface area (Å²) in [4.78, 5) is 11.2. The average molecular weight is 290 g/mol. The molecule has 3 heteroatoms. The maximum Gasteiger partial charge on any atom is 0.279 e. The van der Waals surface area contributed by atoms with Crippen LogP contribution in [0.2, 0.25) is 0 Å². The summed E-state index contributed by atoms with van der Waals surface area (Å²) in [5, 5.41) is 0.912. The van der Waals surface area contributed by atoms with E-state index < -0.39 is 0 Å². The molecule has 0 saturated heterocycles. The summed E-state index contributed by atoms with van der Waals surface area (Å²) < 4.78 is 5.13. The Morgan fingerprint density at radius 3 is 2.75 bits per heavy atom. The first-order chi connectivity index (χ1) is 7.20. The molecule has 0 aliphatic heterocycles. The molecule has 0 atom stereocenters. The van der Waals surface area contributed by atoms with E-state index in [0.29, 0.717) is 5.58 Å². The van der Waals surface area contributed by atoms with Crippen molar-refractivity contribution in [2.45, 2.75) is 19.8 Å². The average Bonchev–Trinajstić information content (AvgIpc) is 2.17. The van der Waals surface area contributed by atoms with Crippen molar-refractivity contribution in [3.8, 4) is 0 Å². The molecule has 0 saturated carbocycles. The van der Waals surface area contributed by atoms with Gasteiger partial charge in [0.15, 0.2) is 0 Å². The summed E-state index contributed by atoms with van der Waals surface area (Å²) in [7, 11) is 0. The molecular weight excluding hydrogens is 277 g/mol. The topological polar surface area (TPSA) is 30.2 Å². The molecule has 0 N–H and O–H groups in total. The van der Waals surface area contributed by atoms with Crippen molar-refractivity contribution >= 4 is 11.0 Å². The van der Waals surface area contributed by atoms with Crippen molar-refractivity contribution in [3.05, 3.63) is 52.7 Å². The maximum absolute atomic E-state index is 11.2. The second-order valence-electron chi connectivity index (χ2n) is 3.67. The van der Waals surface area contributed by atoms with Crippen molar-refractivity contribution in [2.75, 3.05) is 0 Å². The van der Waals surface area contributed by atoms with Gasteiger partial charge in [-0.3, -0.25) is 4.79 Å². The van der Waals surface area contributed by atoms with Crippen LogP contribution in [-0.4, -0.2) is 0 Å². The van der Waals surface area contributed by atoms with Gasteiger partial charge in [0.05, 0.1) is 5.58 Å². The fourth-order valence-electron chi connectivity index (χ4n) is 1.72. The van der Waals surface area contributed by atoms with Gasteiger partial charge in [-0.15, -0.1) is 6.07 Å². The molecule has 0 bridgehead atoms. The Hall–Kier alpha value is -0.596. The number of benzene rings is 1. The number of fused-ring (bicyclic) bond motifs is 1. The van der Waals surface area contributed by atoms with Gasteiger partial charge in [0, 0.05) is 32.7 Å². The summed E-state index contributed by atoms with van der Waals surface area (Å²) in [5.74, 6) is 0. The summed E-state index contributed by atoms with van der Waals surface area (Å²) in [6.45, 7) is 5.95. The van der Waals surface area contributed by atoms with Crippen LogP contribution in [0.4, 0.5) is 0 Å². The zero-order valence-corrected chi connectivity index (χ0v) is 12.2. The van der Waals surface area contributed by atoms with E-state index in [-0.39, 0.29) is 38.3 Å². The van der Waals surface area contributed by atoms with Crippen LogP contribution in [0.15, 0.2) is 33.5 Å². The third kappa shape index (κ3) is 2.75. The predicted octanol–water partition coefficient (Wildman–Crippen LogP) is 2.93. The van der Waals surface area contributed by atoms with E-state index in [1.54, 1.807) is 0 Å². The van der Waals surface area contributed by atoms with E-state index in [1.807, 2.05) is 12.1 Å². The number of hydrogen-bond donors (Lipinski definition) is 0. The molecule has 2 nitrogen and oxygen atoms in total. The fourth-order valence-corrected chi connectivity index (χ4v) is 1.72. The molecule has 16 heavy (non-hydrogen) atoms. The molecule has 2 rings (SSSR count). The Kier molecular flexibility index (Phi) is 4.76. The van der Waals surface area contributed by atoms with Gasteiger partial charge < -0.3 is 4.42 Å². The van der Waals surface area contributed by atoms with Gasteiger partial charge in [-0.25, -0.2) is 0 Å². The molecule has 0 aliphatic carbocycles. The molecule has 1 heterocycles. The Labute approximate surface area is 120 Å². The molecule has 2 aromatic rings. The first kappa shape index (κ1) is 13.5. The van der Waals surface area contributed by atoms with Crippen LogP contribution < -0.4 is 5.63 Å². The van der Waals surface area contributed by atoms with Gasteiger partial charge in [0.1, 0.15) is 0 Å². The molecule has 0 amide bonds. The standard InChI is InChI=1S/C13H13O2.Y/c1-3-4-10-5-6-11-9(2)7-13(14)15-12(11)8-10;/h5-8H,2-4H2,1H3;/q-1;. The molecule has 0 aliphatic rings. The molecule has 1 radical (unpaired) electrons. The normalized spacial score (nSPS) is 10.1. The van der Waals surface area contributed by atoms with Crippen molar-refractivity contribution in [1.29, 1.82) is 0 Å². The molecule has 0 fully saturated rings. The minimum atomic E-state index is -0.332. The summed E-state index contributed by atoms with van der Waals surface area (Å²) in [6, 6.07) is 7.36. The van der Waals surface area contributed by atoms with Crippen LogP contribution in [0, 0.1) is 6.92 Å². The molecule has 1 aromatic heterocycles. The van der Waals surface area contributed by atoms with E-state index in [4.69, 9.17) is 4.42 Å². The van der Waals surface area contributed by atoms with Crippen molar-refractivity contribution < 1.29 is 37.1 Å². The van der Waals surface area contributed by atoms with Gasteiger partial charge in [-0.1, -0.05) is 30.9 Å². The maximum atomic E-state index is 11.2. The third-order valence-corrected chi connectivity index (χ3v) is 2.43. The van der Waals surface area contributed by atoms with Crippen LogP contribution in [0.1, 0.15) is 24.5 Å². The van der Waals surface area contributed by atoms with Crippen LogP contribution >= 0.6 is 0 Å². The Balaban J connectivity index is 0.00000128. The summed E-state index contributed by atoms with van der Waals surface area (Å²) >= 11 is 0. The summed E-state index contributed by atoms with van der Waals surface area (Å²) in [6.07, 6.45) is 2.08. The van der Waals surface area contributed by atoms with Gasteiger partial charge in [-0.2, -0.15) is 12.5 Å². The quantitative estimate of drug-likeness (QED) is 0.629. The predicted molar refractivity (Wildman–Crippen MR) is 60.9 cm³/mol. The molecule has 0 unspecified atom stereocenters. The third-order valence-electron chi connectivity index (χ3n) is 2.43. The van der Waals surface area contributed by atoms with Gasteiger partial charge in [0.2, 0.25) is 0 Å². The second kappa shape index (κ2) is 5.65. The molecule has 0 spiro atoms. The molecule has 1 aromatic carbocycles. The monoisotopic (exact) mass is 290 g/mol.